The number of methoxy groups -OCH3 is 1. The summed E-state index contributed by atoms with van der Waals surface area (Å²) < 4.78 is 24.4. The van der Waals surface area contributed by atoms with Gasteiger partial charge >= 0.3 is 12.1 Å². The number of pyridine rings is 1. The van der Waals surface area contributed by atoms with E-state index in [1.807, 2.05) is 69.3 Å². The summed E-state index contributed by atoms with van der Waals surface area (Å²) in [5.41, 5.74) is 1.97. The van der Waals surface area contributed by atoms with Crippen LogP contribution < -0.4 is 4.74 Å². The average Bonchev–Trinajstić information content (AvgIpc) is 3.17. The normalized spacial score (nSPS) is 11.8. The van der Waals surface area contributed by atoms with Crippen LogP contribution >= 0.6 is 0 Å². The van der Waals surface area contributed by atoms with Gasteiger partial charge in [-0.05, 0) is 52.3 Å². The highest BCUT2D eigenvalue weighted by molar-refractivity contribution is 6.17. The number of rotatable bonds is 7. The van der Waals surface area contributed by atoms with Crippen molar-refractivity contribution in [3.05, 3.63) is 71.5 Å². The quantitative estimate of drug-likeness (QED) is 0.274. The lowest BCUT2D eigenvalue weighted by Gasteiger charge is -2.20. The second kappa shape index (κ2) is 10.6. The van der Waals surface area contributed by atoms with Gasteiger partial charge in [0.15, 0.2) is 5.69 Å². The number of nitrogens with zero attached hydrogens (tertiary/aromatic N) is 2. The van der Waals surface area contributed by atoms with Gasteiger partial charge in [-0.15, -0.1) is 0 Å². The van der Waals surface area contributed by atoms with Gasteiger partial charge in [-0.1, -0.05) is 36.4 Å². The molecule has 0 amide bonds. The van der Waals surface area contributed by atoms with Crippen LogP contribution in [0.1, 0.15) is 56.2 Å². The molecule has 0 bridgehead atoms. The maximum absolute atomic E-state index is 13.4. The van der Waals surface area contributed by atoms with Gasteiger partial charge in [0.05, 0.1) is 35.3 Å². The lowest BCUT2D eigenvalue weighted by Crippen LogP contribution is -2.27. The van der Waals surface area contributed by atoms with Crippen molar-refractivity contribution in [2.24, 2.45) is 0 Å². The number of carbonyl (C=O) groups is 2. The SMILES string of the molecule is COCc1c(C(=O)OC(C)C)ncc2c1c1c(OCc3ccccc3)cccc1n2C(=O)OC(C)(C)C. The molecule has 2 aromatic heterocycles. The van der Waals surface area contributed by atoms with E-state index in [1.165, 1.54) is 17.9 Å². The van der Waals surface area contributed by atoms with Crippen molar-refractivity contribution in [2.75, 3.05) is 7.11 Å². The molecule has 4 rings (SSSR count). The molecule has 0 spiro atoms. The first-order valence-corrected chi connectivity index (χ1v) is 12.2. The molecule has 0 aliphatic rings. The summed E-state index contributed by atoms with van der Waals surface area (Å²) >= 11 is 0. The number of ether oxygens (including phenoxy) is 4. The molecule has 0 aliphatic heterocycles. The van der Waals surface area contributed by atoms with E-state index in [9.17, 15) is 9.59 Å². The zero-order valence-corrected chi connectivity index (χ0v) is 22.0. The first-order chi connectivity index (χ1) is 17.6. The van der Waals surface area contributed by atoms with Crippen LogP contribution in [0.2, 0.25) is 0 Å². The van der Waals surface area contributed by atoms with Crippen LogP contribution in [0.25, 0.3) is 21.8 Å². The van der Waals surface area contributed by atoms with Crippen molar-refractivity contribution in [2.45, 2.75) is 59.5 Å². The van der Waals surface area contributed by atoms with E-state index in [0.29, 0.717) is 39.7 Å². The van der Waals surface area contributed by atoms with Crippen LogP contribution in [-0.2, 0) is 27.4 Å². The molecule has 0 aliphatic carbocycles. The minimum atomic E-state index is -0.717. The summed E-state index contributed by atoms with van der Waals surface area (Å²) in [7, 11) is 1.54. The number of hydrogen-bond acceptors (Lipinski definition) is 7. The van der Waals surface area contributed by atoms with E-state index in [0.717, 1.165) is 5.56 Å². The summed E-state index contributed by atoms with van der Waals surface area (Å²) in [6.45, 7) is 9.37. The minimum absolute atomic E-state index is 0.0767. The highest BCUT2D eigenvalue weighted by atomic mass is 16.6. The van der Waals surface area contributed by atoms with Crippen molar-refractivity contribution in [1.82, 2.24) is 9.55 Å². The highest BCUT2D eigenvalue weighted by Crippen LogP contribution is 2.39. The van der Waals surface area contributed by atoms with Gasteiger partial charge in [0.2, 0.25) is 0 Å². The molecule has 0 N–H and O–H groups in total. The number of hydrogen-bond donors (Lipinski definition) is 0. The van der Waals surface area contributed by atoms with E-state index in [-0.39, 0.29) is 18.4 Å². The van der Waals surface area contributed by atoms with E-state index in [4.69, 9.17) is 18.9 Å². The van der Waals surface area contributed by atoms with Crippen molar-refractivity contribution in [3.63, 3.8) is 0 Å². The largest absolute Gasteiger partial charge is 0.488 e. The second-order valence-electron chi connectivity index (χ2n) is 9.97. The van der Waals surface area contributed by atoms with E-state index >= 15 is 0 Å². The fraction of sp³-hybridized carbons (Fsp3) is 0.345. The number of fused-ring (bicyclic) bond motifs is 3. The smallest absolute Gasteiger partial charge is 0.419 e. The summed E-state index contributed by atoms with van der Waals surface area (Å²) in [4.78, 5) is 30.8. The van der Waals surface area contributed by atoms with Crippen LogP contribution in [0, 0.1) is 0 Å². The predicted molar refractivity (Wildman–Crippen MR) is 141 cm³/mol. The first kappa shape index (κ1) is 26.2. The third kappa shape index (κ3) is 5.59. The van der Waals surface area contributed by atoms with Crippen molar-refractivity contribution in [3.8, 4) is 5.75 Å². The number of esters is 1. The zero-order chi connectivity index (χ0) is 26.7. The molecule has 0 unspecified atom stereocenters. The van der Waals surface area contributed by atoms with E-state index < -0.39 is 17.7 Å². The molecule has 2 aromatic carbocycles. The van der Waals surface area contributed by atoms with Crippen LogP contribution in [-0.4, -0.2) is 40.4 Å². The van der Waals surface area contributed by atoms with Gasteiger partial charge in [0.1, 0.15) is 18.0 Å². The Labute approximate surface area is 216 Å². The minimum Gasteiger partial charge on any atom is -0.488 e. The molecule has 0 saturated carbocycles. The monoisotopic (exact) mass is 504 g/mol. The van der Waals surface area contributed by atoms with Crippen LogP contribution in [0.15, 0.2) is 54.7 Å². The molecular weight excluding hydrogens is 472 g/mol. The van der Waals surface area contributed by atoms with E-state index in [1.54, 1.807) is 13.8 Å². The molecular formula is C29H32N2O6. The molecule has 8 nitrogen and oxygen atoms in total. The van der Waals surface area contributed by atoms with Crippen molar-refractivity contribution in [1.29, 1.82) is 0 Å². The molecule has 2 heterocycles. The van der Waals surface area contributed by atoms with E-state index in [2.05, 4.69) is 4.98 Å². The summed E-state index contributed by atoms with van der Waals surface area (Å²) in [5.74, 6) is -0.00908. The lowest BCUT2D eigenvalue weighted by atomic mass is 10.0. The zero-order valence-electron chi connectivity index (χ0n) is 22.0. The molecule has 37 heavy (non-hydrogen) atoms. The van der Waals surface area contributed by atoms with Gasteiger partial charge in [-0.3, -0.25) is 0 Å². The lowest BCUT2D eigenvalue weighted by molar-refractivity contribution is 0.0366. The van der Waals surface area contributed by atoms with Gasteiger partial charge in [0.25, 0.3) is 0 Å². The highest BCUT2D eigenvalue weighted by Gasteiger charge is 2.28. The Balaban J connectivity index is 2.00. The summed E-state index contributed by atoms with van der Waals surface area (Å²) in [5, 5.41) is 1.28. The van der Waals surface area contributed by atoms with Crippen LogP contribution in [0.4, 0.5) is 4.79 Å². The fourth-order valence-corrected chi connectivity index (χ4v) is 4.17. The molecule has 0 saturated heterocycles. The third-order valence-corrected chi connectivity index (χ3v) is 5.53. The Kier molecular flexibility index (Phi) is 7.50. The van der Waals surface area contributed by atoms with Gasteiger partial charge < -0.3 is 18.9 Å². The number of aromatic nitrogens is 2. The van der Waals surface area contributed by atoms with Crippen LogP contribution in [0.3, 0.4) is 0 Å². The molecule has 8 heteroatoms. The maximum Gasteiger partial charge on any atom is 0.419 e. The number of carbonyl (C=O) groups excluding carboxylic acids is 2. The Morgan fingerprint density at radius 3 is 2.32 bits per heavy atom. The third-order valence-electron chi connectivity index (χ3n) is 5.53. The second-order valence-corrected chi connectivity index (χ2v) is 9.97. The Bertz CT molecular complexity index is 1430. The molecule has 0 radical (unpaired) electrons. The fourth-order valence-electron chi connectivity index (χ4n) is 4.17. The predicted octanol–water partition coefficient (Wildman–Crippen LogP) is 6.26. The first-order valence-electron chi connectivity index (χ1n) is 12.2. The summed E-state index contributed by atoms with van der Waals surface area (Å²) in [6, 6.07) is 15.3. The van der Waals surface area contributed by atoms with Crippen molar-refractivity contribution < 1.29 is 28.5 Å². The Morgan fingerprint density at radius 1 is 0.946 bits per heavy atom. The molecule has 194 valence electrons. The topological polar surface area (TPSA) is 88.9 Å². The average molecular weight is 505 g/mol. The summed E-state index contributed by atoms with van der Waals surface area (Å²) in [6.07, 6.45) is 0.611. The Morgan fingerprint density at radius 2 is 1.68 bits per heavy atom. The van der Waals surface area contributed by atoms with Crippen LogP contribution in [0.5, 0.6) is 5.75 Å². The van der Waals surface area contributed by atoms with Gasteiger partial charge in [0, 0.05) is 18.1 Å². The molecule has 0 atom stereocenters. The standard InChI is InChI=1S/C29H32N2O6/c1-18(2)36-27(32)26-20(17-34-6)24-22(15-30-26)31(28(33)37-29(3,4)5)21-13-10-14-23(25(21)24)35-16-19-11-8-7-9-12-19/h7-15,18H,16-17H2,1-6H3. The maximum atomic E-state index is 13.4. The molecule has 4 aromatic rings. The van der Waals surface area contributed by atoms with Crippen molar-refractivity contribution >= 4 is 33.9 Å². The Hall–Kier alpha value is -3.91. The number of benzene rings is 2. The van der Waals surface area contributed by atoms with Gasteiger partial charge in [-0.2, -0.15) is 0 Å². The molecule has 0 fully saturated rings. The van der Waals surface area contributed by atoms with Gasteiger partial charge in [-0.25, -0.2) is 19.1 Å².